The topological polar surface area (TPSA) is 13.0 Å². The Morgan fingerprint density at radius 3 is 0.608 bits per heavy atom. The minimum Gasteiger partial charge on any atom is -0.310 e. The number of aryl methyl sites for hydroxylation is 2. The number of hydrogen-bond acceptors (Lipinski definition) is 8. The molecule has 0 spiro atoms. The first kappa shape index (κ1) is 89.7. The Morgan fingerprint density at radius 2 is 0.365 bits per heavy atom. The largest absolute Gasteiger partial charge is 0.310 e. The number of anilines is 12. The highest BCUT2D eigenvalue weighted by Crippen LogP contribution is 2.55. The fraction of sp³-hybridized carbons (Fsp3) is 0.0571. The van der Waals surface area contributed by atoms with Crippen LogP contribution < -0.4 is 19.6 Å². The van der Waals surface area contributed by atoms with Crippen molar-refractivity contribution in [1.82, 2.24) is 0 Å². The molecule has 8 heteroatoms. The molecular formula is C140H100N4S4. The molecule has 0 aliphatic heterocycles. The van der Waals surface area contributed by atoms with Crippen molar-refractivity contribution in [2.75, 3.05) is 19.6 Å². The molecular weight excluding hydrogens is 1870 g/mol. The van der Waals surface area contributed by atoms with Crippen molar-refractivity contribution in [2.24, 2.45) is 0 Å². The minimum atomic E-state index is 0.345. The number of benzene rings is 24. The number of nitrogens with zero attached hydrogens (tertiary/aromatic N) is 4. The first-order valence-electron chi connectivity index (χ1n) is 51.2. The Labute approximate surface area is 876 Å². The third-order valence-electron chi connectivity index (χ3n) is 30.1. The second kappa shape index (κ2) is 37.2. The molecule has 4 nitrogen and oxygen atoms in total. The summed E-state index contributed by atoms with van der Waals surface area (Å²) in [6.45, 7) is 13.6. The lowest BCUT2D eigenvalue weighted by Crippen LogP contribution is -2.12. The smallest absolute Gasteiger partial charge is 0.0546 e. The van der Waals surface area contributed by atoms with E-state index in [2.05, 4.69) is 546 Å². The van der Waals surface area contributed by atoms with Gasteiger partial charge in [-0.2, -0.15) is 0 Å². The molecule has 148 heavy (non-hydrogen) atoms. The monoisotopic (exact) mass is 1960 g/mol. The Kier molecular flexibility index (Phi) is 22.6. The van der Waals surface area contributed by atoms with Crippen LogP contribution in [0, 0.1) is 13.8 Å². The van der Waals surface area contributed by atoms with Crippen LogP contribution >= 0.6 is 45.3 Å². The van der Waals surface area contributed by atoms with Gasteiger partial charge in [-0.05, 0) is 294 Å². The first-order valence-corrected chi connectivity index (χ1v) is 54.4. The Hall–Kier alpha value is -17.1. The SMILES string of the molecule is CC(C)c1ccc2c(c1)c(N(c1ccccc1)c1ccc(-c3cccc4c3sc3ccccc34)cc1)cc1c3ccc(C(C)C)cc3c(N(c3ccccc3)c3ccc(-c4cccc5c4sc4ccccc45)cc3)cc21.Cc1ccc2c(c1)c(N(c1ccccc1)c1ccc(-c3cccc4c3sc3ccccc34)cc1)cc1c3ccc(C)cc3c(N(c3ccccc3)c3ccc(-c4cccc5c4sc4ccccc45)cc3)cc21. The molecule has 0 aliphatic carbocycles. The van der Waals surface area contributed by atoms with Gasteiger partial charge in [-0.25, -0.2) is 0 Å². The molecule has 0 saturated heterocycles. The predicted molar refractivity (Wildman–Crippen MR) is 648 cm³/mol. The van der Waals surface area contributed by atoms with Gasteiger partial charge in [0.15, 0.2) is 0 Å². The van der Waals surface area contributed by atoms with Crippen molar-refractivity contribution in [2.45, 2.75) is 53.4 Å². The van der Waals surface area contributed by atoms with Gasteiger partial charge in [0, 0.05) is 148 Å². The average Bonchev–Trinajstić information content (AvgIpc) is 0.973. The fourth-order valence-electron chi connectivity index (χ4n) is 22.8. The summed E-state index contributed by atoms with van der Waals surface area (Å²) in [6.07, 6.45) is 0. The van der Waals surface area contributed by atoms with Crippen molar-refractivity contribution < 1.29 is 0 Å². The standard InChI is InChI=1S/C72H54N2S2.C68H46N2S2/c1-45(2)49-33-39-57-63-44-68(74(52-19-9-6-10-20-52)54-37-31-48(32-38-54)56-24-16-26-62-60-22-12-14-28-70(60)76-72(56)62)66-42-50(46(3)4)34-40-58(66)64(63)43-67(65(57)41-49)73(51-17-7-5-8-18-51)53-35-29-47(30-36-53)55-23-15-25-61-59-21-11-13-27-69(59)75-71(55)61;1-43-27-37-53-59-42-64(70(48-17-7-4-8-18-48)50-35-31-46(32-36-50)52-22-14-24-58-56-20-10-12-26-66(56)72-68(52)58)62-40-44(2)28-38-54(62)60(59)41-63(61(53)39-43)69(47-15-5-3-6-16-47)49-33-29-45(30-34-49)51-21-13-23-57-55-19-9-11-25-65(55)71-67(51)57/h5-46H,1-4H3;3-42H,1-2H3. The maximum atomic E-state index is 2.48. The first-order chi connectivity index (χ1) is 72.9. The summed E-state index contributed by atoms with van der Waals surface area (Å²) in [5, 5.41) is 25.1. The van der Waals surface area contributed by atoms with Gasteiger partial charge in [-0.3, -0.25) is 0 Å². The molecule has 4 heterocycles. The Morgan fingerprint density at radius 1 is 0.155 bits per heavy atom. The summed E-state index contributed by atoms with van der Waals surface area (Å²) in [5.41, 5.74) is 28.5. The van der Waals surface area contributed by atoms with Gasteiger partial charge >= 0.3 is 0 Å². The highest BCUT2D eigenvalue weighted by Gasteiger charge is 2.29. The van der Waals surface area contributed by atoms with E-state index in [1.807, 2.05) is 45.3 Å². The molecule has 0 unspecified atom stereocenters. The number of thiophene rings is 4. The maximum absolute atomic E-state index is 2.48. The van der Waals surface area contributed by atoms with E-state index in [9.17, 15) is 0 Å². The number of para-hydroxylation sites is 4. The third-order valence-corrected chi connectivity index (χ3v) is 35.0. The molecule has 0 bridgehead atoms. The van der Waals surface area contributed by atoms with Crippen LogP contribution in [0.4, 0.5) is 68.2 Å². The van der Waals surface area contributed by atoms with Crippen molar-refractivity contribution in [3.8, 4) is 44.5 Å². The Bertz CT molecular complexity index is 9490. The molecule has 0 atom stereocenters. The summed E-state index contributed by atoms with van der Waals surface area (Å²) in [7, 11) is 0. The van der Waals surface area contributed by atoms with Gasteiger partial charge in [-0.1, -0.05) is 354 Å². The second-order valence-electron chi connectivity index (χ2n) is 39.8. The molecule has 0 radical (unpaired) electrons. The summed E-state index contributed by atoms with van der Waals surface area (Å²) in [5.74, 6) is 0.691. The van der Waals surface area contributed by atoms with Crippen LogP contribution in [0.15, 0.2) is 485 Å². The molecule has 0 fully saturated rings. The molecule has 704 valence electrons. The van der Waals surface area contributed by atoms with Gasteiger partial charge in [-0.15, -0.1) is 45.3 Å². The lowest BCUT2D eigenvalue weighted by atomic mass is 9.89. The van der Waals surface area contributed by atoms with Gasteiger partial charge in [0.05, 0.1) is 22.7 Å². The highest BCUT2D eigenvalue weighted by molar-refractivity contribution is 7.27. The van der Waals surface area contributed by atoms with E-state index in [0.29, 0.717) is 11.8 Å². The van der Waals surface area contributed by atoms with Crippen molar-refractivity contribution >= 4 is 259 Å². The van der Waals surface area contributed by atoms with E-state index >= 15 is 0 Å². The van der Waals surface area contributed by atoms with Crippen LogP contribution in [0.25, 0.3) is 190 Å². The van der Waals surface area contributed by atoms with E-state index in [1.165, 1.54) is 212 Å². The van der Waals surface area contributed by atoms with E-state index in [-0.39, 0.29) is 0 Å². The van der Waals surface area contributed by atoms with Crippen LogP contribution in [0.5, 0.6) is 0 Å². The van der Waals surface area contributed by atoms with E-state index in [0.717, 1.165) is 68.2 Å². The van der Waals surface area contributed by atoms with E-state index in [4.69, 9.17) is 0 Å². The third kappa shape index (κ3) is 15.7. The van der Waals surface area contributed by atoms with Gasteiger partial charge in [0.2, 0.25) is 0 Å². The zero-order valence-corrected chi connectivity index (χ0v) is 86.0. The lowest BCUT2D eigenvalue weighted by molar-refractivity contribution is 0.868. The number of hydrogen-bond donors (Lipinski definition) is 0. The van der Waals surface area contributed by atoms with Crippen LogP contribution in [0.3, 0.4) is 0 Å². The van der Waals surface area contributed by atoms with Crippen molar-refractivity contribution in [3.63, 3.8) is 0 Å². The van der Waals surface area contributed by atoms with Crippen molar-refractivity contribution in [1.29, 1.82) is 0 Å². The molecule has 4 aromatic heterocycles. The normalized spacial score (nSPS) is 11.8. The van der Waals surface area contributed by atoms with Crippen LogP contribution in [-0.4, -0.2) is 0 Å². The van der Waals surface area contributed by atoms with Gasteiger partial charge in [0.1, 0.15) is 0 Å². The van der Waals surface area contributed by atoms with Crippen LogP contribution in [-0.2, 0) is 0 Å². The molecule has 0 amide bonds. The second-order valence-corrected chi connectivity index (χ2v) is 44.0. The maximum Gasteiger partial charge on any atom is 0.0546 e. The van der Waals surface area contributed by atoms with Crippen LogP contribution in [0.2, 0.25) is 0 Å². The highest BCUT2D eigenvalue weighted by atomic mass is 32.1. The van der Waals surface area contributed by atoms with Crippen molar-refractivity contribution in [3.05, 3.63) is 508 Å². The quantitative estimate of drug-likeness (QED) is 0.0794. The average molecular weight is 1970 g/mol. The lowest BCUT2D eigenvalue weighted by Gasteiger charge is -2.30. The van der Waals surface area contributed by atoms with Gasteiger partial charge in [0.25, 0.3) is 0 Å². The van der Waals surface area contributed by atoms with E-state index in [1.54, 1.807) is 0 Å². The summed E-state index contributed by atoms with van der Waals surface area (Å²) in [6, 6.07) is 181. The van der Waals surface area contributed by atoms with E-state index < -0.39 is 0 Å². The molecule has 24 aromatic carbocycles. The zero-order valence-electron chi connectivity index (χ0n) is 82.8. The molecule has 0 N–H and O–H groups in total. The van der Waals surface area contributed by atoms with Gasteiger partial charge < -0.3 is 19.6 Å². The molecule has 28 rings (SSSR count). The van der Waals surface area contributed by atoms with Crippen LogP contribution in [0.1, 0.15) is 61.8 Å². The predicted octanol–water partition coefficient (Wildman–Crippen LogP) is 43.2. The minimum absolute atomic E-state index is 0.345. The molecule has 0 aliphatic rings. The summed E-state index contributed by atoms with van der Waals surface area (Å²) < 4.78 is 10.6. The number of rotatable bonds is 18. The molecule has 0 saturated carbocycles. The summed E-state index contributed by atoms with van der Waals surface area (Å²) >= 11 is 7.53. The Balaban J connectivity index is 0.000000146. The summed E-state index contributed by atoms with van der Waals surface area (Å²) in [4.78, 5) is 9.87. The fourth-order valence-corrected chi connectivity index (χ4v) is 27.8. The molecule has 28 aromatic rings. The number of fused-ring (bicyclic) bond motifs is 22. The zero-order chi connectivity index (χ0) is 98.9.